The molecule has 94 valence electrons. The molecule has 1 aromatic heterocycles. The second-order valence-electron chi connectivity index (χ2n) is 3.55. The van der Waals surface area contributed by atoms with Crippen LogP contribution in [0.3, 0.4) is 0 Å². The Morgan fingerprint density at radius 1 is 1.56 bits per heavy atom. The number of hydrogen-bond acceptors (Lipinski definition) is 4. The van der Waals surface area contributed by atoms with Crippen molar-refractivity contribution >= 4 is 17.4 Å². The summed E-state index contributed by atoms with van der Waals surface area (Å²) in [4.78, 5) is 0. The zero-order valence-electron chi connectivity index (χ0n) is 9.54. The highest BCUT2D eigenvalue weighted by atomic mass is 35.5. The third kappa shape index (κ3) is 2.38. The Morgan fingerprint density at radius 2 is 2.33 bits per heavy atom. The molecule has 2 rings (SSSR count). The van der Waals surface area contributed by atoms with Gasteiger partial charge < -0.3 is 15.7 Å². The van der Waals surface area contributed by atoms with Gasteiger partial charge in [-0.25, -0.2) is 0 Å². The molecule has 0 spiro atoms. The number of hydrogen-bond donors (Lipinski definition) is 2. The van der Waals surface area contributed by atoms with Crippen LogP contribution in [0.5, 0.6) is 11.5 Å². The molecule has 0 saturated heterocycles. The van der Waals surface area contributed by atoms with E-state index in [9.17, 15) is 0 Å². The van der Waals surface area contributed by atoms with Gasteiger partial charge in [0, 0.05) is 7.05 Å². The Balaban J connectivity index is 2.41. The van der Waals surface area contributed by atoms with Gasteiger partial charge in [0.15, 0.2) is 11.6 Å². The zero-order valence-corrected chi connectivity index (χ0v) is 10.3. The van der Waals surface area contributed by atoms with Crippen molar-refractivity contribution in [3.63, 3.8) is 0 Å². The van der Waals surface area contributed by atoms with Crippen LogP contribution in [0.2, 0.25) is 5.02 Å². The minimum atomic E-state index is -0.112. The smallest absolute Gasteiger partial charge is 0.175 e. The van der Waals surface area contributed by atoms with Crippen LogP contribution >= 0.6 is 11.6 Å². The first-order valence-electron chi connectivity index (χ1n) is 5.04. The third-order valence-electron chi connectivity index (χ3n) is 2.25. The second kappa shape index (κ2) is 4.97. The van der Waals surface area contributed by atoms with Crippen molar-refractivity contribution in [3.8, 4) is 11.5 Å². The summed E-state index contributed by atoms with van der Waals surface area (Å²) in [6.45, 7) is 0. The molecule has 2 aromatic rings. The molecule has 1 aromatic carbocycles. The molecule has 0 aliphatic heterocycles. The molecule has 0 aliphatic rings. The lowest BCUT2D eigenvalue weighted by Gasteiger charge is -2.09. The number of ether oxygens (including phenoxy) is 1. The second-order valence-corrected chi connectivity index (χ2v) is 3.96. The summed E-state index contributed by atoms with van der Waals surface area (Å²) in [5.74, 6) is 0.817. The van der Waals surface area contributed by atoms with Crippen LogP contribution in [-0.4, -0.2) is 20.8 Å². The summed E-state index contributed by atoms with van der Waals surface area (Å²) < 4.78 is 7.19. The Kier molecular flexibility index (Phi) is 3.38. The third-order valence-corrected chi connectivity index (χ3v) is 2.56. The van der Waals surface area contributed by atoms with E-state index in [1.807, 2.05) is 0 Å². The summed E-state index contributed by atoms with van der Waals surface area (Å²) in [5.41, 5.74) is 5.91. The van der Waals surface area contributed by atoms with Crippen molar-refractivity contribution in [2.24, 2.45) is 17.9 Å². The topological polar surface area (TPSA) is 85.7 Å². The van der Waals surface area contributed by atoms with Gasteiger partial charge in [-0.3, -0.25) is 4.68 Å². The SMILES string of the molecule is Cn1cc(Oc2cccc(Cl)c2/C(N)=N/O)cn1. The Labute approximate surface area is 108 Å². The zero-order chi connectivity index (χ0) is 13.1. The summed E-state index contributed by atoms with van der Waals surface area (Å²) in [7, 11) is 1.77. The van der Waals surface area contributed by atoms with Crippen LogP contribution in [0, 0.1) is 0 Å². The highest BCUT2D eigenvalue weighted by molar-refractivity contribution is 6.34. The molecule has 0 bridgehead atoms. The summed E-state index contributed by atoms with van der Waals surface area (Å²) in [6.07, 6.45) is 3.24. The standard InChI is InChI=1S/C11H11ClN4O2/c1-16-6-7(5-14-16)18-9-4-2-3-8(12)10(9)11(13)15-17/h2-6,17H,1H3,(H2,13,15). The van der Waals surface area contributed by atoms with Crippen LogP contribution in [0.25, 0.3) is 0 Å². The molecule has 0 saturated carbocycles. The molecule has 0 unspecified atom stereocenters. The average molecular weight is 267 g/mol. The van der Waals surface area contributed by atoms with Crippen LogP contribution in [-0.2, 0) is 7.05 Å². The van der Waals surface area contributed by atoms with E-state index >= 15 is 0 Å². The number of aromatic nitrogens is 2. The van der Waals surface area contributed by atoms with E-state index in [-0.39, 0.29) is 5.84 Å². The normalized spacial score (nSPS) is 11.6. The van der Waals surface area contributed by atoms with E-state index < -0.39 is 0 Å². The van der Waals surface area contributed by atoms with Gasteiger partial charge >= 0.3 is 0 Å². The van der Waals surface area contributed by atoms with E-state index in [0.717, 1.165) is 0 Å². The molecular formula is C11H11ClN4O2. The van der Waals surface area contributed by atoms with Crippen molar-refractivity contribution in [2.45, 2.75) is 0 Å². The molecule has 0 radical (unpaired) electrons. The fraction of sp³-hybridized carbons (Fsp3) is 0.0909. The first-order chi connectivity index (χ1) is 8.61. The highest BCUT2D eigenvalue weighted by Crippen LogP contribution is 2.29. The molecule has 6 nitrogen and oxygen atoms in total. The maximum absolute atomic E-state index is 8.74. The van der Waals surface area contributed by atoms with Gasteiger partial charge in [-0.1, -0.05) is 22.8 Å². The Bertz CT molecular complexity index is 594. The number of benzene rings is 1. The molecule has 7 heteroatoms. The number of oxime groups is 1. The summed E-state index contributed by atoms with van der Waals surface area (Å²) in [6, 6.07) is 5.01. The van der Waals surface area contributed by atoms with E-state index in [4.69, 9.17) is 27.3 Å². The van der Waals surface area contributed by atoms with E-state index in [0.29, 0.717) is 22.1 Å². The van der Waals surface area contributed by atoms with Crippen LogP contribution in [0.4, 0.5) is 0 Å². The van der Waals surface area contributed by atoms with Crippen molar-refractivity contribution < 1.29 is 9.94 Å². The minimum Gasteiger partial charge on any atom is -0.453 e. The van der Waals surface area contributed by atoms with Gasteiger partial charge in [0.05, 0.1) is 23.0 Å². The predicted molar refractivity (Wildman–Crippen MR) is 67.2 cm³/mol. The van der Waals surface area contributed by atoms with Crippen molar-refractivity contribution in [3.05, 3.63) is 41.2 Å². The van der Waals surface area contributed by atoms with Crippen LogP contribution in [0.1, 0.15) is 5.56 Å². The predicted octanol–water partition coefficient (Wildman–Crippen LogP) is 1.96. The number of aryl methyl sites for hydroxylation is 1. The molecule has 18 heavy (non-hydrogen) atoms. The fourth-order valence-corrected chi connectivity index (χ4v) is 1.73. The molecule has 0 atom stereocenters. The van der Waals surface area contributed by atoms with Crippen molar-refractivity contribution in [2.75, 3.05) is 0 Å². The summed E-state index contributed by atoms with van der Waals surface area (Å²) >= 11 is 6.00. The quantitative estimate of drug-likeness (QED) is 0.385. The first kappa shape index (κ1) is 12.3. The average Bonchev–Trinajstić information content (AvgIpc) is 2.74. The first-order valence-corrected chi connectivity index (χ1v) is 5.42. The Morgan fingerprint density at radius 3 is 2.94 bits per heavy atom. The number of rotatable bonds is 3. The molecule has 0 aliphatic carbocycles. The lowest BCUT2D eigenvalue weighted by Crippen LogP contribution is -2.14. The van der Waals surface area contributed by atoms with Gasteiger partial charge in [0.25, 0.3) is 0 Å². The number of nitrogens with zero attached hydrogens (tertiary/aromatic N) is 3. The Hall–Kier alpha value is -2.21. The van der Waals surface area contributed by atoms with Gasteiger partial charge in [-0.2, -0.15) is 5.10 Å². The van der Waals surface area contributed by atoms with Crippen LogP contribution < -0.4 is 10.5 Å². The van der Waals surface area contributed by atoms with E-state index in [1.165, 1.54) is 0 Å². The lowest BCUT2D eigenvalue weighted by atomic mass is 10.2. The van der Waals surface area contributed by atoms with Crippen molar-refractivity contribution in [1.29, 1.82) is 0 Å². The van der Waals surface area contributed by atoms with Gasteiger partial charge in [0.2, 0.25) is 0 Å². The van der Waals surface area contributed by atoms with Gasteiger partial charge in [-0.15, -0.1) is 0 Å². The molecular weight excluding hydrogens is 256 g/mol. The molecule has 0 fully saturated rings. The number of nitrogens with two attached hydrogens (primary N) is 1. The molecule has 0 amide bonds. The number of halogens is 1. The maximum atomic E-state index is 8.74. The minimum absolute atomic E-state index is 0.112. The lowest BCUT2D eigenvalue weighted by molar-refractivity contribution is 0.318. The molecule has 1 heterocycles. The highest BCUT2D eigenvalue weighted by Gasteiger charge is 2.14. The fourth-order valence-electron chi connectivity index (χ4n) is 1.47. The van der Waals surface area contributed by atoms with Gasteiger partial charge in [-0.05, 0) is 12.1 Å². The van der Waals surface area contributed by atoms with E-state index in [2.05, 4.69) is 10.3 Å². The monoisotopic (exact) mass is 266 g/mol. The largest absolute Gasteiger partial charge is 0.453 e. The van der Waals surface area contributed by atoms with E-state index in [1.54, 1.807) is 42.3 Å². The molecule has 3 N–H and O–H groups in total. The van der Waals surface area contributed by atoms with Crippen molar-refractivity contribution in [1.82, 2.24) is 9.78 Å². The maximum Gasteiger partial charge on any atom is 0.175 e. The van der Waals surface area contributed by atoms with Crippen LogP contribution in [0.15, 0.2) is 35.7 Å². The number of amidine groups is 1. The summed E-state index contributed by atoms with van der Waals surface area (Å²) in [5, 5.41) is 16.0. The van der Waals surface area contributed by atoms with Gasteiger partial charge in [0.1, 0.15) is 5.75 Å².